The molecule has 0 spiro atoms. The summed E-state index contributed by atoms with van der Waals surface area (Å²) in [7, 11) is 2.16. The van der Waals surface area contributed by atoms with Crippen LogP contribution in [0.25, 0.3) is 11.0 Å². The molecule has 1 aromatic carbocycles. The number of hydrogen-bond donors (Lipinski definition) is 3. The summed E-state index contributed by atoms with van der Waals surface area (Å²) < 4.78 is 0. The Morgan fingerprint density at radius 2 is 1.94 bits per heavy atom. The van der Waals surface area contributed by atoms with Crippen molar-refractivity contribution in [1.82, 2.24) is 30.0 Å². The number of carbonyl (C=O) groups is 1. The van der Waals surface area contributed by atoms with E-state index in [1.54, 1.807) is 4.90 Å². The van der Waals surface area contributed by atoms with Crippen LogP contribution in [0.4, 0.5) is 23.1 Å². The van der Waals surface area contributed by atoms with E-state index in [4.69, 9.17) is 16.6 Å². The monoisotopic (exact) mass is 495 g/mol. The lowest BCUT2D eigenvalue weighted by molar-refractivity contribution is -0.127. The highest BCUT2D eigenvalue weighted by Gasteiger charge is 2.24. The normalized spacial score (nSPS) is 19.1. The Morgan fingerprint density at radius 1 is 1.17 bits per heavy atom. The Labute approximate surface area is 209 Å². The number of nitrogens with zero attached hydrogens (tertiary/aromatic N) is 6. The molecule has 2 saturated heterocycles. The van der Waals surface area contributed by atoms with Crippen LogP contribution in [0.3, 0.4) is 0 Å². The second kappa shape index (κ2) is 10.1. The van der Waals surface area contributed by atoms with Crippen molar-refractivity contribution in [2.75, 3.05) is 61.8 Å². The van der Waals surface area contributed by atoms with Gasteiger partial charge in [0, 0.05) is 56.7 Å². The van der Waals surface area contributed by atoms with Gasteiger partial charge in [0.15, 0.2) is 10.8 Å². The van der Waals surface area contributed by atoms with Crippen LogP contribution in [0.1, 0.15) is 12.8 Å². The van der Waals surface area contributed by atoms with Crippen molar-refractivity contribution in [3.63, 3.8) is 0 Å². The molecular formula is C24H30ClN9O. The van der Waals surface area contributed by atoms with Gasteiger partial charge in [0.25, 0.3) is 0 Å². The third-order valence-electron chi connectivity index (χ3n) is 6.62. The first-order valence-corrected chi connectivity index (χ1v) is 12.3. The number of hydrogen-bond acceptors (Lipinski definition) is 8. The van der Waals surface area contributed by atoms with Gasteiger partial charge in [-0.15, -0.1) is 0 Å². The third kappa shape index (κ3) is 5.18. The Bertz CT molecular complexity index is 1200. The first-order valence-electron chi connectivity index (χ1n) is 11.9. The highest BCUT2D eigenvalue weighted by molar-refractivity contribution is 6.35. The molecule has 11 heteroatoms. The average molecular weight is 496 g/mol. The van der Waals surface area contributed by atoms with Gasteiger partial charge in [0.1, 0.15) is 11.2 Å². The van der Waals surface area contributed by atoms with Crippen LogP contribution < -0.4 is 15.5 Å². The molecule has 2 aromatic heterocycles. The van der Waals surface area contributed by atoms with Gasteiger partial charge < -0.3 is 25.3 Å². The topological polar surface area (TPSA) is 105 Å². The van der Waals surface area contributed by atoms with E-state index >= 15 is 0 Å². The number of nitrogens with one attached hydrogen (secondary N) is 3. The summed E-state index contributed by atoms with van der Waals surface area (Å²) in [5, 5.41) is 14.7. The standard InChI is InChI=1S/C24H30ClN9O/c1-3-19(35)34-10-4-5-17(15-34)26-22-20-21(25)30-31-23(20)29-24(28-22)27-16-6-8-18(9-7-16)33-13-11-32(2)12-14-33/h3,6-9,17H,1,4-5,10-15H2,2H3,(H3,26,27,28,29,30,31)/t17-/m1/s1. The van der Waals surface area contributed by atoms with Crippen LogP contribution in [-0.4, -0.2) is 88.2 Å². The van der Waals surface area contributed by atoms with Crippen molar-refractivity contribution in [3.8, 4) is 0 Å². The number of piperazine rings is 1. The quantitative estimate of drug-likeness (QED) is 0.448. The fourth-order valence-corrected chi connectivity index (χ4v) is 4.84. The molecule has 2 aliphatic rings. The van der Waals surface area contributed by atoms with Gasteiger partial charge in [-0.2, -0.15) is 15.1 Å². The van der Waals surface area contributed by atoms with Crippen molar-refractivity contribution >= 4 is 51.7 Å². The number of carbonyl (C=O) groups excluding carboxylic acids is 1. The highest BCUT2D eigenvalue weighted by Crippen LogP contribution is 2.30. The molecule has 3 aromatic rings. The fourth-order valence-electron chi connectivity index (χ4n) is 4.62. The van der Waals surface area contributed by atoms with Crippen LogP contribution in [0.5, 0.6) is 0 Å². The predicted octanol–water partition coefficient (Wildman–Crippen LogP) is 3.09. The number of aromatic amines is 1. The summed E-state index contributed by atoms with van der Waals surface area (Å²) in [5.41, 5.74) is 2.64. The van der Waals surface area contributed by atoms with E-state index in [0.717, 1.165) is 51.3 Å². The summed E-state index contributed by atoms with van der Waals surface area (Å²) >= 11 is 6.34. The summed E-state index contributed by atoms with van der Waals surface area (Å²) in [4.78, 5) is 27.9. The van der Waals surface area contributed by atoms with Crippen LogP contribution in [0, 0.1) is 0 Å². The number of aromatic nitrogens is 4. The number of fused-ring (bicyclic) bond motifs is 1. The summed E-state index contributed by atoms with van der Waals surface area (Å²) in [6.07, 6.45) is 3.17. The van der Waals surface area contributed by atoms with Crippen molar-refractivity contribution in [2.45, 2.75) is 18.9 Å². The number of likely N-dealkylation sites (tertiary alicyclic amines) is 1. The zero-order chi connectivity index (χ0) is 24.4. The molecule has 35 heavy (non-hydrogen) atoms. The molecule has 4 heterocycles. The summed E-state index contributed by atoms with van der Waals surface area (Å²) in [6.45, 7) is 9.08. The van der Waals surface area contributed by atoms with E-state index in [0.29, 0.717) is 34.5 Å². The zero-order valence-electron chi connectivity index (χ0n) is 19.8. The van der Waals surface area contributed by atoms with Gasteiger partial charge in [-0.3, -0.25) is 9.89 Å². The number of anilines is 4. The van der Waals surface area contributed by atoms with Crippen LogP contribution in [-0.2, 0) is 4.79 Å². The maximum atomic E-state index is 12.1. The Hall–Kier alpha value is -3.37. The summed E-state index contributed by atoms with van der Waals surface area (Å²) in [5.74, 6) is 0.957. The van der Waals surface area contributed by atoms with Gasteiger partial charge in [-0.25, -0.2) is 0 Å². The lowest BCUT2D eigenvalue weighted by Crippen LogP contribution is -2.44. The third-order valence-corrected chi connectivity index (χ3v) is 6.89. The number of likely N-dealkylation sites (N-methyl/N-ethyl adjacent to an activating group) is 1. The van der Waals surface area contributed by atoms with Crippen molar-refractivity contribution in [3.05, 3.63) is 42.1 Å². The molecule has 10 nitrogen and oxygen atoms in total. The van der Waals surface area contributed by atoms with Crippen LogP contribution in [0.2, 0.25) is 5.15 Å². The molecule has 0 aliphatic carbocycles. The number of amides is 1. The number of H-pyrrole nitrogens is 1. The van der Waals surface area contributed by atoms with Gasteiger partial charge >= 0.3 is 0 Å². The molecule has 2 aliphatic heterocycles. The highest BCUT2D eigenvalue weighted by atomic mass is 35.5. The van der Waals surface area contributed by atoms with Gasteiger partial charge in [-0.1, -0.05) is 18.2 Å². The maximum Gasteiger partial charge on any atom is 0.246 e. The first kappa shape index (κ1) is 23.4. The van der Waals surface area contributed by atoms with Gasteiger partial charge in [0.05, 0.1) is 0 Å². The first-order chi connectivity index (χ1) is 17.0. The van der Waals surface area contributed by atoms with Crippen LogP contribution in [0.15, 0.2) is 36.9 Å². The largest absolute Gasteiger partial charge is 0.369 e. The summed E-state index contributed by atoms with van der Waals surface area (Å²) in [6, 6.07) is 8.34. The van der Waals surface area contributed by atoms with E-state index in [9.17, 15) is 4.79 Å². The molecule has 5 rings (SSSR count). The number of benzene rings is 1. The molecule has 0 radical (unpaired) electrons. The van der Waals surface area contributed by atoms with Crippen molar-refractivity contribution < 1.29 is 4.79 Å². The Morgan fingerprint density at radius 3 is 2.69 bits per heavy atom. The molecule has 184 valence electrons. The lowest BCUT2D eigenvalue weighted by atomic mass is 10.1. The zero-order valence-corrected chi connectivity index (χ0v) is 20.6. The molecule has 0 saturated carbocycles. The second-order valence-electron chi connectivity index (χ2n) is 9.07. The smallest absolute Gasteiger partial charge is 0.246 e. The molecule has 0 unspecified atom stereocenters. The number of halogens is 1. The molecule has 0 bridgehead atoms. The SMILES string of the molecule is C=CC(=O)N1CCC[C@@H](Nc2nc(Nc3ccc(N4CCN(C)CC4)cc3)nc3[nH]nc(Cl)c23)C1. The molecule has 1 amide bonds. The van der Waals surface area contributed by atoms with Crippen molar-refractivity contribution in [1.29, 1.82) is 0 Å². The number of rotatable bonds is 6. The molecule has 1 atom stereocenters. The van der Waals surface area contributed by atoms with E-state index in [2.05, 4.69) is 61.4 Å². The number of piperidine rings is 1. The van der Waals surface area contributed by atoms with Gasteiger partial charge in [-0.05, 0) is 50.2 Å². The fraction of sp³-hybridized carbons (Fsp3) is 0.417. The Kier molecular flexibility index (Phi) is 6.74. The van der Waals surface area contributed by atoms with E-state index in [1.165, 1.54) is 11.8 Å². The van der Waals surface area contributed by atoms with E-state index in [1.807, 2.05) is 12.1 Å². The van der Waals surface area contributed by atoms with E-state index < -0.39 is 0 Å². The van der Waals surface area contributed by atoms with E-state index in [-0.39, 0.29) is 11.9 Å². The average Bonchev–Trinajstić information content (AvgIpc) is 3.25. The molecule has 2 fully saturated rings. The predicted molar refractivity (Wildman–Crippen MR) is 140 cm³/mol. The Balaban J connectivity index is 1.34. The minimum Gasteiger partial charge on any atom is -0.369 e. The second-order valence-corrected chi connectivity index (χ2v) is 9.43. The van der Waals surface area contributed by atoms with Gasteiger partial charge in [0.2, 0.25) is 11.9 Å². The van der Waals surface area contributed by atoms with Crippen molar-refractivity contribution in [2.24, 2.45) is 0 Å². The maximum absolute atomic E-state index is 12.1. The minimum atomic E-state index is -0.0620. The molecular weight excluding hydrogens is 466 g/mol. The van der Waals surface area contributed by atoms with Crippen LogP contribution >= 0.6 is 11.6 Å². The molecule has 3 N–H and O–H groups in total. The minimum absolute atomic E-state index is 0.0347. The lowest BCUT2D eigenvalue weighted by Gasteiger charge is -2.34.